The SMILES string of the molecule is COC(=O)c1[nH]c(-c2cccc(Br)c2)c(-n2ccn(C)c2=S)c1-c1ccc(Br)cc1. The summed E-state index contributed by atoms with van der Waals surface area (Å²) in [5.74, 6) is -0.446. The second kappa shape index (κ2) is 8.37. The van der Waals surface area contributed by atoms with Gasteiger partial charge in [0.1, 0.15) is 5.69 Å². The van der Waals surface area contributed by atoms with Crippen molar-refractivity contribution in [1.82, 2.24) is 14.1 Å². The first-order valence-corrected chi connectivity index (χ1v) is 11.0. The van der Waals surface area contributed by atoms with Crippen molar-refractivity contribution in [2.75, 3.05) is 7.11 Å². The number of aryl methyl sites for hydroxylation is 1. The molecule has 0 atom stereocenters. The Bertz CT molecular complexity index is 1300. The number of nitrogens with one attached hydrogen (secondary N) is 1. The largest absolute Gasteiger partial charge is 0.464 e. The molecule has 0 spiro atoms. The van der Waals surface area contributed by atoms with E-state index in [-0.39, 0.29) is 0 Å². The van der Waals surface area contributed by atoms with Gasteiger partial charge in [0.2, 0.25) is 0 Å². The first kappa shape index (κ1) is 20.8. The minimum Gasteiger partial charge on any atom is -0.464 e. The normalized spacial score (nSPS) is 10.9. The Morgan fingerprint density at radius 3 is 2.37 bits per heavy atom. The van der Waals surface area contributed by atoms with Crippen LogP contribution in [-0.2, 0) is 11.8 Å². The van der Waals surface area contributed by atoms with E-state index in [4.69, 9.17) is 17.0 Å². The average Bonchev–Trinajstić information content (AvgIpc) is 3.28. The molecule has 2 aromatic heterocycles. The number of carbonyl (C=O) groups excluding carboxylic acids is 1. The van der Waals surface area contributed by atoms with Crippen molar-refractivity contribution in [2.45, 2.75) is 0 Å². The summed E-state index contributed by atoms with van der Waals surface area (Å²) in [4.78, 5) is 16.1. The van der Waals surface area contributed by atoms with Gasteiger partial charge in [-0.25, -0.2) is 4.79 Å². The van der Waals surface area contributed by atoms with Gasteiger partial charge >= 0.3 is 5.97 Å². The van der Waals surface area contributed by atoms with Crippen LogP contribution in [0.2, 0.25) is 0 Å². The summed E-state index contributed by atoms with van der Waals surface area (Å²) in [6.07, 6.45) is 3.79. The number of ether oxygens (including phenoxy) is 1. The Morgan fingerprint density at radius 1 is 1.03 bits per heavy atom. The number of carbonyl (C=O) groups is 1. The van der Waals surface area contributed by atoms with Crippen LogP contribution in [0.5, 0.6) is 0 Å². The van der Waals surface area contributed by atoms with Crippen molar-refractivity contribution in [1.29, 1.82) is 0 Å². The maximum Gasteiger partial charge on any atom is 0.355 e. The molecule has 0 unspecified atom stereocenters. The molecule has 5 nitrogen and oxygen atoms in total. The minimum absolute atomic E-state index is 0.371. The molecule has 0 amide bonds. The number of benzene rings is 2. The summed E-state index contributed by atoms with van der Waals surface area (Å²) in [5, 5.41) is 0. The third-order valence-corrected chi connectivity index (χ3v) is 6.30. The molecular formula is C22H17Br2N3O2S. The van der Waals surface area contributed by atoms with Crippen LogP contribution in [0, 0.1) is 4.77 Å². The Hall–Kier alpha value is -2.42. The quantitative estimate of drug-likeness (QED) is 0.234. The monoisotopic (exact) mass is 545 g/mol. The molecule has 4 rings (SSSR count). The number of H-pyrrole nitrogens is 1. The predicted molar refractivity (Wildman–Crippen MR) is 128 cm³/mol. The van der Waals surface area contributed by atoms with Gasteiger partial charge in [0.15, 0.2) is 4.77 Å². The van der Waals surface area contributed by atoms with Crippen molar-refractivity contribution in [2.24, 2.45) is 7.05 Å². The van der Waals surface area contributed by atoms with Crippen LogP contribution in [0.1, 0.15) is 10.5 Å². The van der Waals surface area contributed by atoms with Crippen LogP contribution >= 0.6 is 44.1 Å². The molecule has 4 aromatic rings. The van der Waals surface area contributed by atoms with E-state index in [0.717, 1.165) is 37.0 Å². The molecule has 0 saturated heterocycles. The third kappa shape index (κ3) is 3.71. The number of imidazole rings is 1. The van der Waals surface area contributed by atoms with Gasteiger partial charge in [-0.15, -0.1) is 0 Å². The number of halogens is 2. The molecule has 0 saturated carbocycles. The molecule has 2 aromatic carbocycles. The molecular weight excluding hydrogens is 530 g/mol. The van der Waals surface area contributed by atoms with Crippen molar-refractivity contribution in [3.63, 3.8) is 0 Å². The standard InChI is InChI=1S/C22H17Br2N3O2S/c1-26-10-11-27(22(26)30)20-17(13-6-8-15(23)9-7-13)19(21(28)29-2)25-18(20)14-4-3-5-16(24)12-14/h3-12,25H,1-2H3. The van der Waals surface area contributed by atoms with E-state index in [0.29, 0.717) is 10.5 Å². The van der Waals surface area contributed by atoms with E-state index >= 15 is 0 Å². The van der Waals surface area contributed by atoms with Crippen LogP contribution < -0.4 is 0 Å². The highest BCUT2D eigenvalue weighted by atomic mass is 79.9. The summed E-state index contributed by atoms with van der Waals surface area (Å²) < 4.78 is 11.4. The number of hydrogen-bond donors (Lipinski definition) is 1. The lowest BCUT2D eigenvalue weighted by molar-refractivity contribution is 0.0596. The summed E-state index contributed by atoms with van der Waals surface area (Å²) >= 11 is 12.7. The molecule has 1 N–H and O–H groups in total. The van der Waals surface area contributed by atoms with Gasteiger partial charge in [-0.2, -0.15) is 0 Å². The molecule has 152 valence electrons. The summed E-state index contributed by atoms with van der Waals surface area (Å²) in [6.45, 7) is 0. The summed E-state index contributed by atoms with van der Waals surface area (Å²) in [5.41, 5.74) is 4.45. The second-order valence-electron chi connectivity index (χ2n) is 6.67. The van der Waals surface area contributed by atoms with E-state index in [2.05, 4.69) is 36.8 Å². The van der Waals surface area contributed by atoms with E-state index < -0.39 is 5.97 Å². The summed E-state index contributed by atoms with van der Waals surface area (Å²) in [7, 11) is 3.27. The van der Waals surface area contributed by atoms with Gasteiger partial charge in [0, 0.05) is 39.5 Å². The van der Waals surface area contributed by atoms with Gasteiger partial charge in [0.25, 0.3) is 0 Å². The summed E-state index contributed by atoms with van der Waals surface area (Å²) in [6, 6.07) is 15.7. The number of methoxy groups -OCH3 is 1. The fourth-order valence-electron chi connectivity index (χ4n) is 3.37. The van der Waals surface area contributed by atoms with E-state index in [9.17, 15) is 4.79 Å². The van der Waals surface area contributed by atoms with E-state index in [1.807, 2.05) is 77.1 Å². The first-order chi connectivity index (χ1) is 14.4. The second-order valence-corrected chi connectivity index (χ2v) is 8.87. The van der Waals surface area contributed by atoms with E-state index in [1.54, 1.807) is 0 Å². The number of nitrogens with zero attached hydrogens (tertiary/aromatic N) is 2. The van der Waals surface area contributed by atoms with Crippen LogP contribution in [0.3, 0.4) is 0 Å². The highest BCUT2D eigenvalue weighted by Gasteiger charge is 2.26. The Labute approximate surface area is 195 Å². The minimum atomic E-state index is -0.446. The highest BCUT2D eigenvalue weighted by molar-refractivity contribution is 9.10. The molecule has 0 aliphatic heterocycles. The van der Waals surface area contributed by atoms with Crippen LogP contribution in [0.4, 0.5) is 0 Å². The van der Waals surface area contributed by atoms with Crippen molar-refractivity contribution >= 4 is 50.0 Å². The fourth-order valence-corrected chi connectivity index (χ4v) is 4.25. The van der Waals surface area contributed by atoms with Crippen LogP contribution in [0.25, 0.3) is 28.1 Å². The smallest absolute Gasteiger partial charge is 0.355 e. The van der Waals surface area contributed by atoms with Gasteiger partial charge in [-0.05, 0) is 42.0 Å². The number of rotatable bonds is 4. The Balaban J connectivity index is 2.13. The lowest BCUT2D eigenvalue weighted by Crippen LogP contribution is -2.04. The lowest BCUT2D eigenvalue weighted by atomic mass is 10.0. The maximum atomic E-state index is 12.7. The average molecular weight is 547 g/mol. The number of esters is 1. The van der Waals surface area contributed by atoms with Crippen molar-refractivity contribution < 1.29 is 9.53 Å². The Kier molecular flexibility index (Phi) is 5.81. The molecule has 8 heteroatoms. The topological polar surface area (TPSA) is 52.0 Å². The number of aromatic amines is 1. The van der Waals surface area contributed by atoms with Gasteiger partial charge in [-0.3, -0.25) is 4.57 Å². The molecule has 0 bridgehead atoms. The fraction of sp³-hybridized carbons (Fsp3) is 0.0909. The number of aromatic nitrogens is 3. The van der Waals surface area contributed by atoms with Crippen molar-refractivity contribution in [3.05, 3.63) is 80.3 Å². The van der Waals surface area contributed by atoms with Crippen LogP contribution in [-0.4, -0.2) is 27.2 Å². The zero-order valence-corrected chi connectivity index (χ0v) is 20.1. The molecule has 0 radical (unpaired) electrons. The predicted octanol–water partition coefficient (Wildman–Crippen LogP) is 6.52. The molecule has 30 heavy (non-hydrogen) atoms. The first-order valence-electron chi connectivity index (χ1n) is 9.01. The molecule has 0 aliphatic carbocycles. The lowest BCUT2D eigenvalue weighted by Gasteiger charge is -2.11. The Morgan fingerprint density at radius 2 is 1.77 bits per heavy atom. The molecule has 0 fully saturated rings. The number of hydrogen-bond acceptors (Lipinski definition) is 3. The van der Waals surface area contributed by atoms with Gasteiger partial charge in [0.05, 0.1) is 18.5 Å². The van der Waals surface area contributed by atoms with E-state index in [1.165, 1.54) is 7.11 Å². The van der Waals surface area contributed by atoms with Gasteiger partial charge < -0.3 is 14.3 Å². The van der Waals surface area contributed by atoms with Crippen molar-refractivity contribution in [3.8, 4) is 28.1 Å². The maximum absolute atomic E-state index is 12.7. The zero-order valence-electron chi connectivity index (χ0n) is 16.1. The molecule has 2 heterocycles. The molecule has 0 aliphatic rings. The van der Waals surface area contributed by atoms with Gasteiger partial charge in [-0.1, -0.05) is 56.1 Å². The third-order valence-electron chi connectivity index (χ3n) is 4.80. The zero-order chi connectivity index (χ0) is 21.4. The highest BCUT2D eigenvalue weighted by Crippen LogP contribution is 2.40. The van der Waals surface area contributed by atoms with Crippen LogP contribution in [0.15, 0.2) is 69.9 Å².